The number of aliphatic imine (C=N–C) groups is 1. The molecule has 2 aliphatic heterocycles. The molecule has 24 heteroatoms. The van der Waals surface area contributed by atoms with Gasteiger partial charge in [0, 0.05) is 92.2 Å². The van der Waals surface area contributed by atoms with E-state index in [9.17, 15) is 47.4 Å². The maximum Gasteiger partial charge on any atom is 0.407 e. The monoisotopic (exact) mass is 1210 g/mol. The first-order valence-electron chi connectivity index (χ1n) is 29.9. The number of pyridine rings is 1. The molecule has 1 aromatic heterocycles. The smallest absolute Gasteiger partial charge is 0.407 e. The molecule has 0 aliphatic carbocycles. The van der Waals surface area contributed by atoms with Gasteiger partial charge in [-0.25, -0.2) is 23.4 Å². The average Bonchev–Trinajstić information content (AvgIpc) is 2.74. The quantitative estimate of drug-likeness (QED) is 0.0169. The highest BCUT2D eigenvalue weighted by Crippen LogP contribution is 2.30. The number of ether oxygens (including phenoxy) is 1. The number of aromatic nitrogens is 1. The standard InChI is InChI=1S/C63H85F2N13O9/c1-6-9-10-11-14-54(79)76-55(40(4)5)59(83)75-51(13-12-26-68-61(67)85)58(82)72-48-23-17-42(18-24-48)37-87-62(86)71-39-63(64,65)38-70-56(80)43-19-15-41(16-20-43)35-77-29-25-50-47(36-77)31-49(34-69-50)73-57(81)45-22-21-44-30-46(33-53(66)74-52(44)32-45)60(84)78(27-7-2)28-8-3/h15-24,30-32,34,40,51,55,58,72,82H,6-14,25-29,33,35-39H2,1-5H3,(H2,66,74)(H,70,80)(H,71,86)(H,73,81)(H,75,83)(H,76,79)(H3,67,68,85). The number of primary amides is 1. The molecular formula is C63H85F2N13O9. The van der Waals surface area contributed by atoms with E-state index in [-0.39, 0.29) is 67.5 Å². The lowest BCUT2D eigenvalue weighted by Gasteiger charge is -2.29. The number of benzene rings is 3. The molecule has 0 radical (unpaired) electrons. The van der Waals surface area contributed by atoms with Crippen molar-refractivity contribution in [1.29, 1.82) is 0 Å². The second-order valence-electron chi connectivity index (χ2n) is 22.4. The predicted molar refractivity (Wildman–Crippen MR) is 330 cm³/mol. The van der Waals surface area contributed by atoms with Crippen LogP contribution in [0.1, 0.15) is 147 Å². The molecule has 12 N–H and O–H groups in total. The molecular weight excluding hydrogens is 1120 g/mol. The van der Waals surface area contributed by atoms with Crippen molar-refractivity contribution >= 4 is 70.6 Å². The number of nitrogens with two attached hydrogens (primary N) is 2. The molecule has 8 amide bonds. The van der Waals surface area contributed by atoms with Crippen LogP contribution >= 0.6 is 0 Å². The molecule has 0 spiro atoms. The second-order valence-corrected chi connectivity index (χ2v) is 22.4. The number of hydrogen-bond donors (Lipinski definition) is 10. The highest BCUT2D eigenvalue weighted by atomic mass is 19.3. The van der Waals surface area contributed by atoms with Crippen LogP contribution in [-0.2, 0) is 45.2 Å². The molecule has 3 heterocycles. The minimum absolute atomic E-state index is 0.0726. The molecule has 3 atom stereocenters. The van der Waals surface area contributed by atoms with Crippen LogP contribution in [0.25, 0.3) is 6.08 Å². The Morgan fingerprint density at radius 2 is 1.51 bits per heavy atom. The molecule has 0 fully saturated rings. The summed E-state index contributed by atoms with van der Waals surface area (Å²) in [6.45, 7) is 10.5. The Bertz CT molecular complexity index is 3060. The first-order chi connectivity index (χ1) is 41.6. The van der Waals surface area contributed by atoms with E-state index in [1.807, 2.05) is 30.1 Å². The molecule has 0 saturated carbocycles. The number of rotatable bonds is 32. The number of hydrogen-bond acceptors (Lipinski definition) is 14. The summed E-state index contributed by atoms with van der Waals surface area (Å²) in [6, 6.07) is 17.5. The summed E-state index contributed by atoms with van der Waals surface area (Å²) in [6.07, 6.45) is 8.03. The van der Waals surface area contributed by atoms with Gasteiger partial charge in [-0.3, -0.25) is 33.9 Å². The number of urea groups is 1. The van der Waals surface area contributed by atoms with Crippen LogP contribution in [0.2, 0.25) is 0 Å². The van der Waals surface area contributed by atoms with Crippen LogP contribution in [0.5, 0.6) is 0 Å². The van der Waals surface area contributed by atoms with E-state index in [2.05, 4.69) is 53.7 Å². The van der Waals surface area contributed by atoms with E-state index in [4.69, 9.17) is 16.2 Å². The fraction of sp³-hybridized carbons (Fsp3) is 0.476. The zero-order chi connectivity index (χ0) is 63.0. The van der Waals surface area contributed by atoms with Crippen molar-refractivity contribution in [3.05, 3.63) is 124 Å². The van der Waals surface area contributed by atoms with Gasteiger partial charge < -0.3 is 63.4 Å². The van der Waals surface area contributed by atoms with Gasteiger partial charge in [-0.05, 0) is 103 Å². The number of nitrogens with one attached hydrogen (secondary N) is 7. The zero-order valence-electron chi connectivity index (χ0n) is 50.4. The van der Waals surface area contributed by atoms with Gasteiger partial charge in [-0.1, -0.05) is 84.2 Å². The number of amidine groups is 1. The van der Waals surface area contributed by atoms with E-state index < -0.39 is 61.3 Å². The number of carbonyl (C=O) groups excluding carboxylic acids is 7. The van der Waals surface area contributed by atoms with Crippen LogP contribution in [0.15, 0.2) is 89.6 Å². The first kappa shape index (κ1) is 67.6. The van der Waals surface area contributed by atoms with Gasteiger partial charge in [0.1, 0.15) is 24.7 Å². The van der Waals surface area contributed by atoms with E-state index in [1.165, 1.54) is 0 Å². The van der Waals surface area contributed by atoms with Crippen molar-refractivity contribution in [2.45, 2.75) is 149 Å². The minimum atomic E-state index is -3.53. The Hall–Kier alpha value is -8.51. The zero-order valence-corrected chi connectivity index (χ0v) is 50.4. The fourth-order valence-electron chi connectivity index (χ4n) is 9.99. The molecule has 0 bridgehead atoms. The lowest BCUT2D eigenvalue weighted by molar-refractivity contribution is -0.131. The first-order valence-corrected chi connectivity index (χ1v) is 29.9. The number of halogens is 2. The Balaban J connectivity index is 0.923. The second kappa shape index (κ2) is 33.4. The molecule has 87 heavy (non-hydrogen) atoms. The Morgan fingerprint density at radius 3 is 2.20 bits per heavy atom. The van der Waals surface area contributed by atoms with Gasteiger partial charge in [-0.15, -0.1) is 0 Å². The Morgan fingerprint density at radius 1 is 0.805 bits per heavy atom. The summed E-state index contributed by atoms with van der Waals surface area (Å²) in [5.41, 5.74) is 17.9. The average molecular weight is 1210 g/mol. The number of aliphatic hydroxyl groups is 1. The van der Waals surface area contributed by atoms with Gasteiger partial charge in [-0.2, -0.15) is 0 Å². The Labute approximate surface area is 507 Å². The molecule has 470 valence electrons. The number of alkyl carbamates (subject to hydrolysis) is 1. The summed E-state index contributed by atoms with van der Waals surface area (Å²) in [5.74, 6) is -5.39. The fourth-order valence-corrected chi connectivity index (χ4v) is 9.99. The lowest BCUT2D eigenvalue weighted by Crippen LogP contribution is -2.55. The maximum absolute atomic E-state index is 14.9. The van der Waals surface area contributed by atoms with Crippen molar-refractivity contribution in [2.75, 3.05) is 49.9 Å². The number of nitrogens with zero attached hydrogens (tertiary/aromatic N) is 4. The normalized spacial score (nSPS) is 14.1. The number of aliphatic hydroxyl groups excluding tert-OH is 1. The van der Waals surface area contributed by atoms with Gasteiger partial charge in [0.25, 0.3) is 17.7 Å². The van der Waals surface area contributed by atoms with Crippen molar-refractivity contribution in [3.63, 3.8) is 0 Å². The van der Waals surface area contributed by atoms with E-state index in [0.29, 0.717) is 91.3 Å². The molecule has 3 unspecified atom stereocenters. The lowest BCUT2D eigenvalue weighted by atomic mass is 10.0. The maximum atomic E-state index is 14.9. The van der Waals surface area contributed by atoms with E-state index in [1.54, 1.807) is 92.9 Å². The van der Waals surface area contributed by atoms with E-state index in [0.717, 1.165) is 48.9 Å². The number of alkyl halides is 2. The molecule has 4 aromatic rings. The number of amides is 8. The van der Waals surface area contributed by atoms with Crippen LogP contribution < -0.4 is 48.7 Å². The number of fused-ring (bicyclic) bond motifs is 2. The minimum Gasteiger partial charge on any atom is -0.445 e. The van der Waals surface area contributed by atoms with Crippen LogP contribution in [0, 0.1) is 5.92 Å². The molecule has 22 nitrogen and oxygen atoms in total. The largest absolute Gasteiger partial charge is 0.445 e. The van der Waals surface area contributed by atoms with Gasteiger partial charge in [0.15, 0.2) is 0 Å². The number of carbonyl (C=O) groups is 7. The van der Waals surface area contributed by atoms with Crippen molar-refractivity contribution in [1.82, 2.24) is 41.4 Å². The van der Waals surface area contributed by atoms with Crippen molar-refractivity contribution < 1.29 is 52.2 Å². The van der Waals surface area contributed by atoms with Crippen LogP contribution in [-0.4, -0.2) is 131 Å². The summed E-state index contributed by atoms with van der Waals surface area (Å²) in [7, 11) is 0. The molecule has 6 rings (SSSR count). The third-order valence-corrected chi connectivity index (χ3v) is 14.7. The van der Waals surface area contributed by atoms with Gasteiger partial charge >= 0.3 is 12.1 Å². The third-order valence-electron chi connectivity index (χ3n) is 14.7. The third kappa shape index (κ3) is 21.7. The summed E-state index contributed by atoms with van der Waals surface area (Å²) >= 11 is 0. The number of unbranched alkanes of at least 4 members (excludes halogenated alkanes) is 3. The van der Waals surface area contributed by atoms with Gasteiger partial charge in [0.2, 0.25) is 17.7 Å². The topological polar surface area (TPSA) is 317 Å². The highest BCUT2D eigenvalue weighted by Gasteiger charge is 2.32. The summed E-state index contributed by atoms with van der Waals surface area (Å²) < 4.78 is 35.0. The summed E-state index contributed by atoms with van der Waals surface area (Å²) in [4.78, 5) is 103. The SMILES string of the molecule is CCCCCCC(=O)NC(C(=O)NC(CCCNC(N)=O)C(O)Nc1ccc(COC(=O)NCC(F)(F)CNC(=O)c2ccc(CN3CCc4ncc(NC(=O)c5ccc6c(c5)N=C(N)CC(C(=O)N(CCC)CCC)=C6)cc4C3)cc2)cc1)C(C)C. The van der Waals surface area contributed by atoms with Crippen molar-refractivity contribution in [3.8, 4) is 0 Å². The summed E-state index contributed by atoms with van der Waals surface area (Å²) in [5, 5.41) is 29.6. The Kier molecular flexibility index (Phi) is 26.0. The van der Waals surface area contributed by atoms with Gasteiger partial charge in [0.05, 0.1) is 36.7 Å². The van der Waals surface area contributed by atoms with Crippen molar-refractivity contribution in [2.24, 2.45) is 22.4 Å². The van der Waals surface area contributed by atoms with E-state index >= 15 is 0 Å². The molecule has 0 saturated heterocycles. The predicted octanol–water partition coefficient (Wildman–Crippen LogP) is 7.38. The molecule has 2 aliphatic rings. The van der Waals surface area contributed by atoms with Crippen LogP contribution in [0.3, 0.4) is 0 Å². The van der Waals surface area contributed by atoms with Crippen LogP contribution in [0.4, 0.5) is 35.4 Å². The number of anilines is 2. The highest BCUT2D eigenvalue weighted by molar-refractivity contribution is 6.08. The molecule has 3 aromatic carbocycles.